The first-order valence-corrected chi connectivity index (χ1v) is 18.7. The molecule has 254 valence electrons. The quantitative estimate of drug-likeness (QED) is 0.184. The Bertz CT molecular complexity index is 3120. The molecule has 1 aliphatic carbocycles. The van der Waals surface area contributed by atoms with Crippen LogP contribution < -0.4 is 0 Å². The van der Waals surface area contributed by atoms with Gasteiger partial charge in [-0.25, -0.2) is 9.97 Å². The molecule has 54 heavy (non-hydrogen) atoms. The van der Waals surface area contributed by atoms with Gasteiger partial charge in [0.15, 0.2) is 0 Å². The number of aromatic nitrogens is 3. The zero-order chi connectivity index (χ0) is 36.0. The zero-order valence-corrected chi connectivity index (χ0v) is 30.1. The van der Waals surface area contributed by atoms with Crippen LogP contribution in [0, 0.1) is 0 Å². The smallest absolute Gasteiger partial charge is 0.235 e. The van der Waals surface area contributed by atoms with Gasteiger partial charge in [-0.2, -0.15) is 0 Å². The van der Waals surface area contributed by atoms with Gasteiger partial charge < -0.3 is 0 Å². The lowest BCUT2D eigenvalue weighted by atomic mass is 9.82. The fourth-order valence-corrected chi connectivity index (χ4v) is 8.93. The summed E-state index contributed by atoms with van der Waals surface area (Å²) in [7, 11) is 0. The summed E-state index contributed by atoms with van der Waals surface area (Å²) >= 11 is 0. The third-order valence-corrected chi connectivity index (χ3v) is 11.6. The van der Waals surface area contributed by atoms with Crippen LogP contribution in [0.5, 0.6) is 0 Å². The fourth-order valence-electron chi connectivity index (χ4n) is 8.93. The molecule has 0 saturated heterocycles. The summed E-state index contributed by atoms with van der Waals surface area (Å²) in [5, 5.41) is 5.81. The average molecular weight is 690 g/mol. The van der Waals surface area contributed by atoms with Gasteiger partial charge in [0.25, 0.3) is 0 Å². The van der Waals surface area contributed by atoms with Gasteiger partial charge in [0.1, 0.15) is 0 Å². The zero-order valence-electron chi connectivity index (χ0n) is 30.1. The molecule has 0 spiro atoms. The maximum absolute atomic E-state index is 5.57. The van der Waals surface area contributed by atoms with Crippen molar-refractivity contribution in [1.29, 1.82) is 0 Å². The van der Waals surface area contributed by atoms with Crippen LogP contribution >= 0.6 is 0 Å². The second kappa shape index (κ2) is 11.6. The summed E-state index contributed by atoms with van der Waals surface area (Å²) in [6.07, 6.45) is 0. The van der Waals surface area contributed by atoms with E-state index in [4.69, 9.17) is 9.97 Å². The van der Waals surface area contributed by atoms with Gasteiger partial charge in [-0.15, -0.1) is 0 Å². The summed E-state index contributed by atoms with van der Waals surface area (Å²) in [5.41, 5.74) is 14.9. The van der Waals surface area contributed by atoms with Crippen molar-refractivity contribution in [2.45, 2.75) is 19.3 Å². The van der Waals surface area contributed by atoms with E-state index in [1.54, 1.807) is 0 Å². The number of rotatable bonds is 4. The van der Waals surface area contributed by atoms with Crippen molar-refractivity contribution < 1.29 is 0 Å². The Morgan fingerprint density at radius 3 is 1.91 bits per heavy atom. The Labute approximate surface area is 313 Å². The summed E-state index contributed by atoms with van der Waals surface area (Å²) < 4.78 is 2.29. The van der Waals surface area contributed by atoms with E-state index in [-0.39, 0.29) is 5.41 Å². The first kappa shape index (κ1) is 30.8. The van der Waals surface area contributed by atoms with E-state index in [0.29, 0.717) is 5.95 Å². The molecule has 0 bridgehead atoms. The normalized spacial score (nSPS) is 13.1. The maximum Gasteiger partial charge on any atom is 0.235 e. The Morgan fingerprint density at radius 2 is 1.09 bits per heavy atom. The van der Waals surface area contributed by atoms with Crippen molar-refractivity contribution in [2.24, 2.45) is 0 Å². The van der Waals surface area contributed by atoms with E-state index in [1.165, 1.54) is 54.9 Å². The molecule has 2 heterocycles. The lowest BCUT2D eigenvalue weighted by Gasteiger charge is -2.22. The minimum absolute atomic E-state index is 0.129. The third kappa shape index (κ3) is 4.55. The molecule has 3 nitrogen and oxygen atoms in total. The van der Waals surface area contributed by atoms with Gasteiger partial charge in [0.05, 0.1) is 22.2 Å². The van der Waals surface area contributed by atoms with Crippen molar-refractivity contribution in [3.63, 3.8) is 0 Å². The highest BCUT2D eigenvalue weighted by atomic mass is 15.2. The van der Waals surface area contributed by atoms with Crippen molar-refractivity contribution in [2.75, 3.05) is 0 Å². The van der Waals surface area contributed by atoms with Gasteiger partial charge in [-0.05, 0) is 91.7 Å². The van der Waals surface area contributed by atoms with E-state index in [2.05, 4.69) is 194 Å². The predicted octanol–water partition coefficient (Wildman–Crippen LogP) is 13.2. The number of benzene rings is 8. The molecule has 0 unspecified atom stereocenters. The summed E-state index contributed by atoms with van der Waals surface area (Å²) in [5.74, 6) is 0.659. The number of nitrogens with zero attached hydrogens (tertiary/aromatic N) is 3. The Kier molecular flexibility index (Phi) is 6.60. The van der Waals surface area contributed by atoms with Crippen LogP contribution in [0.2, 0.25) is 0 Å². The van der Waals surface area contributed by atoms with E-state index in [1.807, 2.05) is 0 Å². The summed E-state index contributed by atoms with van der Waals surface area (Å²) in [4.78, 5) is 11.0. The molecule has 1 aliphatic rings. The highest BCUT2D eigenvalue weighted by Crippen LogP contribution is 2.50. The standard InChI is InChI=1S/C51H35N3/c1-51(2)43-22-12-11-20-39(43)40-26-25-37(29-44(40)51)49-41-27-24-36(32-14-5-3-6-15-32)30-45(41)52-50(53-49)54-46-23-13-21-38(33-16-7-4-8-17-33)48(46)42-28-34-18-9-10-19-35(34)31-47(42)54/h3-31H,1-2H3. The van der Waals surface area contributed by atoms with Crippen molar-refractivity contribution >= 4 is 43.5 Å². The topological polar surface area (TPSA) is 30.7 Å². The lowest BCUT2D eigenvalue weighted by molar-refractivity contribution is 0.660. The molecule has 0 saturated carbocycles. The van der Waals surface area contributed by atoms with E-state index in [9.17, 15) is 0 Å². The minimum atomic E-state index is -0.129. The largest absolute Gasteiger partial charge is 0.278 e. The van der Waals surface area contributed by atoms with Gasteiger partial charge in [-0.1, -0.05) is 153 Å². The van der Waals surface area contributed by atoms with E-state index in [0.717, 1.165) is 44.3 Å². The SMILES string of the molecule is CC1(C)c2ccccc2-c2ccc(-c3nc(-n4c5cc6ccccc6cc5c5c(-c6ccccc6)cccc54)nc4cc(-c5ccccc5)ccc34)cc21. The van der Waals surface area contributed by atoms with Crippen LogP contribution in [0.25, 0.3) is 94.1 Å². The van der Waals surface area contributed by atoms with Gasteiger partial charge in [0.2, 0.25) is 5.95 Å². The Hall–Kier alpha value is -6.84. The molecule has 11 rings (SSSR count). The Morgan fingerprint density at radius 1 is 0.426 bits per heavy atom. The molecule has 0 amide bonds. The molecule has 0 atom stereocenters. The van der Waals surface area contributed by atoms with Crippen molar-refractivity contribution in [1.82, 2.24) is 14.5 Å². The molecular weight excluding hydrogens is 655 g/mol. The molecule has 0 aliphatic heterocycles. The number of hydrogen-bond donors (Lipinski definition) is 0. The molecule has 10 aromatic rings. The first-order valence-electron chi connectivity index (χ1n) is 18.7. The number of hydrogen-bond acceptors (Lipinski definition) is 2. The Balaban J connectivity index is 1.23. The molecular formula is C51H35N3. The lowest BCUT2D eigenvalue weighted by Crippen LogP contribution is -2.15. The molecule has 0 fully saturated rings. The van der Waals surface area contributed by atoms with Gasteiger partial charge in [-0.3, -0.25) is 4.57 Å². The van der Waals surface area contributed by atoms with E-state index < -0.39 is 0 Å². The van der Waals surface area contributed by atoms with Crippen LogP contribution in [0.15, 0.2) is 176 Å². The van der Waals surface area contributed by atoms with Crippen molar-refractivity contribution in [3.05, 3.63) is 187 Å². The molecule has 2 aromatic heterocycles. The van der Waals surface area contributed by atoms with Crippen LogP contribution in [-0.4, -0.2) is 14.5 Å². The van der Waals surface area contributed by atoms with E-state index >= 15 is 0 Å². The van der Waals surface area contributed by atoms with Crippen LogP contribution in [0.3, 0.4) is 0 Å². The predicted molar refractivity (Wildman–Crippen MR) is 225 cm³/mol. The second-order valence-corrected chi connectivity index (χ2v) is 15.0. The van der Waals surface area contributed by atoms with Crippen LogP contribution in [0.1, 0.15) is 25.0 Å². The second-order valence-electron chi connectivity index (χ2n) is 15.0. The summed E-state index contributed by atoms with van der Waals surface area (Å²) in [6, 6.07) is 63.5. The first-order chi connectivity index (χ1) is 26.5. The van der Waals surface area contributed by atoms with Crippen LogP contribution in [-0.2, 0) is 5.41 Å². The molecule has 0 radical (unpaired) electrons. The van der Waals surface area contributed by atoms with Gasteiger partial charge >= 0.3 is 0 Å². The van der Waals surface area contributed by atoms with Gasteiger partial charge in [0, 0.05) is 27.1 Å². The molecule has 0 N–H and O–H groups in total. The summed E-state index contributed by atoms with van der Waals surface area (Å²) in [6.45, 7) is 4.67. The highest BCUT2D eigenvalue weighted by Gasteiger charge is 2.35. The fraction of sp³-hybridized carbons (Fsp3) is 0.0588. The van der Waals surface area contributed by atoms with Crippen LogP contribution in [0.4, 0.5) is 0 Å². The minimum Gasteiger partial charge on any atom is -0.278 e. The molecule has 8 aromatic carbocycles. The average Bonchev–Trinajstić information content (AvgIpc) is 3.67. The maximum atomic E-state index is 5.57. The monoisotopic (exact) mass is 689 g/mol. The third-order valence-electron chi connectivity index (χ3n) is 11.6. The highest BCUT2D eigenvalue weighted by molar-refractivity contribution is 6.18. The number of fused-ring (bicyclic) bond motifs is 8. The molecule has 3 heteroatoms. The van der Waals surface area contributed by atoms with Crippen molar-refractivity contribution in [3.8, 4) is 50.6 Å².